The number of nitrogens with zero attached hydrogens (tertiary/aromatic N) is 3. The van der Waals surface area contributed by atoms with Crippen LogP contribution in [-0.4, -0.2) is 15.0 Å². The van der Waals surface area contributed by atoms with Crippen molar-refractivity contribution in [2.75, 3.05) is 0 Å². The van der Waals surface area contributed by atoms with Gasteiger partial charge < -0.3 is 14.4 Å². The number of pyridine rings is 3. The van der Waals surface area contributed by atoms with E-state index in [9.17, 15) is 0 Å². The predicted molar refractivity (Wildman–Crippen MR) is 180 cm³/mol. The zero-order valence-electron chi connectivity index (χ0n) is 28.7. The molecule has 5 heteroatoms. The Morgan fingerprint density at radius 2 is 1.64 bits per heavy atom. The van der Waals surface area contributed by atoms with Gasteiger partial charge in [-0.15, -0.1) is 54.1 Å². The molecule has 0 atom stereocenters. The van der Waals surface area contributed by atoms with Crippen LogP contribution in [0, 0.1) is 25.9 Å². The molecule has 227 valence electrons. The van der Waals surface area contributed by atoms with Crippen LogP contribution in [0.2, 0.25) is 0 Å². The molecule has 7 rings (SSSR count). The van der Waals surface area contributed by atoms with E-state index in [4.69, 9.17) is 8.53 Å². The molecule has 0 aliphatic heterocycles. The summed E-state index contributed by atoms with van der Waals surface area (Å²) < 4.78 is 28.9. The average Bonchev–Trinajstić information content (AvgIpc) is 3.44. The van der Waals surface area contributed by atoms with E-state index in [1.807, 2.05) is 61.7 Å². The fourth-order valence-corrected chi connectivity index (χ4v) is 5.07. The number of hydrogen-bond donors (Lipinski definition) is 0. The van der Waals surface area contributed by atoms with Crippen molar-refractivity contribution in [2.24, 2.45) is 0 Å². The van der Waals surface area contributed by atoms with Crippen LogP contribution < -0.4 is 0 Å². The van der Waals surface area contributed by atoms with Crippen molar-refractivity contribution >= 4 is 22.1 Å². The van der Waals surface area contributed by atoms with Crippen LogP contribution in [0.25, 0.3) is 44.6 Å². The largest absolute Gasteiger partial charge is 0.486 e. The summed E-state index contributed by atoms with van der Waals surface area (Å²) >= 11 is 0. The first-order valence-electron chi connectivity index (χ1n) is 16.1. The Morgan fingerprint density at radius 1 is 0.800 bits per heavy atom. The number of rotatable bonds is 4. The normalized spacial score (nSPS) is 12.4. The molecule has 45 heavy (non-hydrogen) atoms. The standard InChI is InChI=1S/C28H25N2O.C12H10N.Ir/c1-18-8-13-23-22-6-5-7-24(26(22)31-27(23)30-18)25-17-20(14-15-29-25)16-19-9-11-21(12-10-19)28(2,3)4;1-10-7-8-12(13-9-10)11-5-3-2-4-6-11;/h5-6,8-15,17H,16H2,1-4H3;2-5,7-9H,1H3;/q2*-1;/i1D3;;. The summed E-state index contributed by atoms with van der Waals surface area (Å²) in [5, 5.41) is 1.63. The average molecular weight is 769 g/mol. The van der Waals surface area contributed by atoms with Gasteiger partial charge in [-0.25, -0.2) is 4.98 Å². The van der Waals surface area contributed by atoms with Gasteiger partial charge in [0.25, 0.3) is 0 Å². The maximum Gasteiger partial charge on any atom is 0.216 e. The summed E-state index contributed by atoms with van der Waals surface area (Å²) in [6.07, 6.45) is 4.46. The Bertz CT molecular complexity index is 2140. The van der Waals surface area contributed by atoms with Crippen molar-refractivity contribution in [1.82, 2.24) is 15.0 Å². The second-order valence-corrected chi connectivity index (χ2v) is 11.9. The van der Waals surface area contributed by atoms with E-state index < -0.39 is 6.85 Å². The van der Waals surface area contributed by atoms with Gasteiger partial charge in [0.1, 0.15) is 0 Å². The second-order valence-electron chi connectivity index (χ2n) is 11.9. The van der Waals surface area contributed by atoms with Gasteiger partial charge in [0.2, 0.25) is 5.71 Å². The third kappa shape index (κ3) is 7.45. The van der Waals surface area contributed by atoms with E-state index in [0.717, 1.165) is 45.3 Å². The molecule has 7 aromatic rings. The summed E-state index contributed by atoms with van der Waals surface area (Å²) in [5.41, 5.74) is 9.42. The van der Waals surface area contributed by atoms with Crippen molar-refractivity contribution in [2.45, 2.75) is 46.4 Å². The first-order valence-corrected chi connectivity index (χ1v) is 14.6. The van der Waals surface area contributed by atoms with Crippen LogP contribution in [0.3, 0.4) is 0 Å². The van der Waals surface area contributed by atoms with Gasteiger partial charge in [-0.1, -0.05) is 74.2 Å². The number of benzene rings is 3. The van der Waals surface area contributed by atoms with Crippen molar-refractivity contribution in [3.8, 4) is 22.5 Å². The molecule has 0 aliphatic carbocycles. The molecule has 0 bridgehead atoms. The molecule has 1 radical (unpaired) electrons. The Morgan fingerprint density at radius 3 is 2.36 bits per heavy atom. The SMILES string of the molecule is Cc1ccc(-c2[c-]cccc2)nc1.[2H]C([2H])([2H])c1ccc2c(n1)oc1c(-c3cc(Cc4ccc(C(C)(C)C)cc4)ccn3)[c-]ccc12.[Ir]. The van der Waals surface area contributed by atoms with E-state index in [1.54, 1.807) is 12.3 Å². The molecule has 0 aliphatic rings. The van der Waals surface area contributed by atoms with Gasteiger partial charge in [-0.3, -0.25) is 0 Å². The van der Waals surface area contributed by atoms with Crippen LogP contribution in [-0.2, 0) is 31.9 Å². The Hall–Kier alpha value is -4.44. The topological polar surface area (TPSA) is 51.8 Å². The van der Waals surface area contributed by atoms with Gasteiger partial charge >= 0.3 is 0 Å². The van der Waals surface area contributed by atoms with Gasteiger partial charge in [0.05, 0.1) is 5.58 Å². The maximum absolute atomic E-state index is 7.63. The first-order chi connectivity index (χ1) is 22.5. The van der Waals surface area contributed by atoms with Crippen molar-refractivity contribution < 1.29 is 28.6 Å². The molecule has 0 spiro atoms. The van der Waals surface area contributed by atoms with Gasteiger partial charge in [-0.2, -0.15) is 0 Å². The summed E-state index contributed by atoms with van der Waals surface area (Å²) in [6.45, 7) is 6.39. The zero-order chi connectivity index (χ0) is 33.2. The summed E-state index contributed by atoms with van der Waals surface area (Å²) in [5.74, 6) is 0. The molecule has 4 heterocycles. The number of aromatic nitrogens is 3. The minimum Gasteiger partial charge on any atom is -0.486 e. The maximum atomic E-state index is 7.63. The van der Waals surface area contributed by atoms with Crippen molar-refractivity contribution in [3.63, 3.8) is 0 Å². The Labute approximate surface area is 283 Å². The molecular weight excluding hydrogens is 731 g/mol. The minimum absolute atomic E-state index is 0. The smallest absolute Gasteiger partial charge is 0.216 e. The molecule has 4 aromatic heterocycles. The van der Waals surface area contributed by atoms with Gasteiger partial charge in [0, 0.05) is 47.7 Å². The van der Waals surface area contributed by atoms with E-state index in [2.05, 4.69) is 84.3 Å². The molecule has 0 N–H and O–H groups in total. The Kier molecular flexibility index (Phi) is 8.53. The van der Waals surface area contributed by atoms with E-state index in [0.29, 0.717) is 11.3 Å². The summed E-state index contributed by atoms with van der Waals surface area (Å²) in [4.78, 5) is 13.1. The van der Waals surface area contributed by atoms with Crippen LogP contribution >= 0.6 is 0 Å². The fourth-order valence-electron chi connectivity index (χ4n) is 5.07. The quantitative estimate of drug-likeness (QED) is 0.167. The molecule has 0 saturated carbocycles. The van der Waals surface area contributed by atoms with Gasteiger partial charge in [0.15, 0.2) is 0 Å². The zero-order valence-corrected chi connectivity index (χ0v) is 28.1. The molecule has 0 unspecified atom stereocenters. The molecule has 0 amide bonds. The molecule has 0 fully saturated rings. The number of hydrogen-bond acceptors (Lipinski definition) is 4. The summed E-state index contributed by atoms with van der Waals surface area (Å²) in [7, 11) is 0. The summed E-state index contributed by atoms with van der Waals surface area (Å²) in [6, 6.07) is 38.2. The number of fused-ring (bicyclic) bond motifs is 3. The third-order valence-corrected chi connectivity index (χ3v) is 7.50. The monoisotopic (exact) mass is 769 g/mol. The third-order valence-electron chi connectivity index (χ3n) is 7.50. The number of aryl methyl sites for hydroxylation is 2. The van der Waals surface area contributed by atoms with Crippen LogP contribution in [0.1, 0.15) is 52.8 Å². The second kappa shape index (κ2) is 13.7. The van der Waals surface area contributed by atoms with E-state index >= 15 is 0 Å². The molecule has 3 aromatic carbocycles. The molecular formula is C40H35IrN3O-2. The van der Waals surface area contributed by atoms with Crippen LogP contribution in [0.5, 0.6) is 0 Å². The predicted octanol–water partition coefficient (Wildman–Crippen LogP) is 9.89. The molecule has 4 nitrogen and oxygen atoms in total. The van der Waals surface area contributed by atoms with Crippen LogP contribution in [0.4, 0.5) is 0 Å². The fraction of sp³-hybridized carbons (Fsp3) is 0.175. The van der Waals surface area contributed by atoms with E-state index in [-0.39, 0.29) is 31.2 Å². The van der Waals surface area contributed by atoms with E-state index in [1.165, 1.54) is 22.8 Å². The van der Waals surface area contributed by atoms with Gasteiger partial charge in [-0.05, 0) is 77.5 Å². The minimum atomic E-state index is -2.29. The number of furan rings is 1. The molecule has 0 saturated heterocycles. The van der Waals surface area contributed by atoms with Crippen LogP contribution in [0.15, 0.2) is 114 Å². The van der Waals surface area contributed by atoms with Crippen molar-refractivity contribution in [3.05, 3.63) is 150 Å². The van der Waals surface area contributed by atoms with Crippen molar-refractivity contribution in [1.29, 1.82) is 0 Å². The first kappa shape index (κ1) is 28.1. The Balaban J connectivity index is 0.000000270.